The summed E-state index contributed by atoms with van der Waals surface area (Å²) < 4.78 is 38.6. The molecular formula is C13H12F3N3OS. The third-order valence-electron chi connectivity index (χ3n) is 3.58. The van der Waals surface area contributed by atoms with Gasteiger partial charge in [0.2, 0.25) is 0 Å². The van der Waals surface area contributed by atoms with E-state index in [0.29, 0.717) is 10.2 Å². The summed E-state index contributed by atoms with van der Waals surface area (Å²) in [5, 5.41) is 2.67. The van der Waals surface area contributed by atoms with Crippen LogP contribution in [-0.4, -0.2) is 22.6 Å². The van der Waals surface area contributed by atoms with Gasteiger partial charge in [0, 0.05) is 11.1 Å². The van der Waals surface area contributed by atoms with Gasteiger partial charge in [0.25, 0.3) is 5.91 Å². The number of nitrogens with zero attached hydrogens (tertiary/aromatic N) is 1. The molecule has 112 valence electrons. The van der Waals surface area contributed by atoms with E-state index >= 15 is 0 Å². The van der Waals surface area contributed by atoms with Crippen molar-refractivity contribution in [2.45, 2.75) is 31.5 Å². The van der Waals surface area contributed by atoms with Crippen LogP contribution in [0.3, 0.4) is 0 Å². The predicted molar refractivity (Wildman–Crippen MR) is 74.3 cm³/mol. The quantitative estimate of drug-likeness (QED) is 0.895. The van der Waals surface area contributed by atoms with Gasteiger partial charge in [-0.05, 0) is 31.9 Å². The Hall–Kier alpha value is -1.83. The van der Waals surface area contributed by atoms with E-state index in [0.717, 1.165) is 17.0 Å². The lowest BCUT2D eigenvalue weighted by atomic mass is 10.2. The number of nitrogen functional groups attached to an aromatic ring is 1. The Balaban J connectivity index is 1.94. The number of thiophene rings is 1. The first-order valence-corrected chi connectivity index (χ1v) is 7.10. The summed E-state index contributed by atoms with van der Waals surface area (Å²) in [6.07, 6.45) is -4.63. The van der Waals surface area contributed by atoms with E-state index in [4.69, 9.17) is 5.73 Å². The summed E-state index contributed by atoms with van der Waals surface area (Å²) in [6, 6.07) is 3.46. The summed E-state index contributed by atoms with van der Waals surface area (Å²) in [5.74, 6) is -0.789. The number of rotatable bonds is 2. The number of fused-ring (bicyclic) bond motifs is 1. The van der Waals surface area contributed by atoms with Gasteiger partial charge in [-0.25, -0.2) is 4.98 Å². The van der Waals surface area contributed by atoms with Crippen LogP contribution in [-0.2, 0) is 0 Å². The van der Waals surface area contributed by atoms with Gasteiger partial charge in [0.1, 0.15) is 15.2 Å². The van der Waals surface area contributed by atoms with Crippen LogP contribution < -0.4 is 11.1 Å². The first-order valence-electron chi connectivity index (χ1n) is 6.28. The van der Waals surface area contributed by atoms with Crippen LogP contribution in [0.2, 0.25) is 0 Å². The van der Waals surface area contributed by atoms with Crippen molar-refractivity contribution in [1.82, 2.24) is 10.3 Å². The highest BCUT2D eigenvalue weighted by Crippen LogP contribution is 2.49. The van der Waals surface area contributed by atoms with Crippen LogP contribution in [0.25, 0.3) is 10.2 Å². The number of aromatic nitrogens is 1. The van der Waals surface area contributed by atoms with E-state index in [1.807, 2.05) is 0 Å². The molecule has 3 N–H and O–H groups in total. The fourth-order valence-electron chi connectivity index (χ4n) is 2.14. The van der Waals surface area contributed by atoms with Crippen molar-refractivity contribution in [2.24, 2.45) is 0 Å². The number of carbonyl (C=O) groups excluding carboxylic acids is 1. The third kappa shape index (κ3) is 2.23. The molecule has 21 heavy (non-hydrogen) atoms. The molecule has 0 bridgehead atoms. The number of nitrogens with two attached hydrogens (primary N) is 1. The zero-order valence-electron chi connectivity index (χ0n) is 11.0. The number of alkyl halides is 3. The Labute approximate surface area is 122 Å². The van der Waals surface area contributed by atoms with Gasteiger partial charge >= 0.3 is 6.18 Å². The monoisotopic (exact) mass is 315 g/mol. The zero-order valence-corrected chi connectivity index (χ0v) is 11.9. The van der Waals surface area contributed by atoms with Crippen LogP contribution in [0, 0.1) is 6.92 Å². The highest BCUT2D eigenvalue weighted by atomic mass is 32.1. The van der Waals surface area contributed by atoms with Crippen LogP contribution in [0.1, 0.15) is 28.2 Å². The molecule has 2 aromatic heterocycles. The number of amides is 1. The Morgan fingerprint density at radius 2 is 2.10 bits per heavy atom. The minimum Gasteiger partial charge on any atom is -0.397 e. The van der Waals surface area contributed by atoms with E-state index in [1.165, 1.54) is 0 Å². The van der Waals surface area contributed by atoms with Gasteiger partial charge in [-0.2, -0.15) is 13.2 Å². The summed E-state index contributed by atoms with van der Waals surface area (Å²) in [5.41, 5.74) is 4.71. The molecule has 2 heterocycles. The van der Waals surface area contributed by atoms with Crippen LogP contribution in [0.15, 0.2) is 12.1 Å². The Morgan fingerprint density at radius 1 is 1.43 bits per heavy atom. The van der Waals surface area contributed by atoms with Gasteiger partial charge in [-0.15, -0.1) is 11.3 Å². The molecule has 0 aliphatic heterocycles. The number of carbonyl (C=O) groups is 1. The number of anilines is 1. The molecule has 3 rings (SSSR count). The number of pyridine rings is 1. The molecule has 1 saturated carbocycles. The van der Waals surface area contributed by atoms with Crippen molar-refractivity contribution in [3.05, 3.63) is 22.7 Å². The fraction of sp³-hybridized carbons (Fsp3) is 0.385. The lowest BCUT2D eigenvalue weighted by Crippen LogP contribution is -2.47. The molecule has 2 aromatic rings. The normalized spacial score (nSPS) is 17.0. The van der Waals surface area contributed by atoms with Gasteiger partial charge in [0.15, 0.2) is 0 Å². The maximum Gasteiger partial charge on any atom is 0.411 e. The van der Waals surface area contributed by atoms with Gasteiger partial charge < -0.3 is 11.1 Å². The summed E-state index contributed by atoms with van der Waals surface area (Å²) in [6.45, 7) is 1.79. The highest BCUT2D eigenvalue weighted by Gasteiger charge is 2.64. The molecule has 0 saturated heterocycles. The fourth-order valence-corrected chi connectivity index (χ4v) is 3.17. The lowest BCUT2D eigenvalue weighted by molar-refractivity contribution is -0.163. The molecule has 0 atom stereocenters. The zero-order chi connectivity index (χ0) is 15.4. The number of nitrogens with one attached hydrogen (secondary N) is 1. The Bertz CT molecular complexity index is 734. The largest absolute Gasteiger partial charge is 0.411 e. The van der Waals surface area contributed by atoms with Crippen molar-refractivity contribution in [3.8, 4) is 0 Å². The third-order valence-corrected chi connectivity index (χ3v) is 4.70. The maximum atomic E-state index is 12.9. The first kappa shape index (κ1) is 14.1. The molecule has 1 amide bonds. The molecule has 8 heteroatoms. The van der Waals surface area contributed by atoms with Crippen molar-refractivity contribution >= 4 is 33.1 Å². The average Bonchev–Trinajstić information content (AvgIpc) is 3.09. The van der Waals surface area contributed by atoms with Crippen LogP contribution in [0.4, 0.5) is 18.9 Å². The van der Waals surface area contributed by atoms with Gasteiger partial charge in [-0.1, -0.05) is 0 Å². The summed E-state index contributed by atoms with van der Waals surface area (Å²) in [7, 11) is 0. The molecule has 0 spiro atoms. The van der Waals surface area contributed by atoms with Gasteiger partial charge in [-0.3, -0.25) is 4.79 Å². The van der Waals surface area contributed by atoms with Crippen LogP contribution in [0.5, 0.6) is 0 Å². The summed E-state index contributed by atoms with van der Waals surface area (Å²) in [4.78, 5) is 17.0. The second kappa shape index (κ2) is 4.33. The minimum absolute atomic E-state index is 0.0821. The second-order valence-corrected chi connectivity index (χ2v) is 6.18. The van der Waals surface area contributed by atoms with Crippen LogP contribution >= 0.6 is 11.3 Å². The van der Waals surface area contributed by atoms with E-state index < -0.39 is 17.6 Å². The number of aryl methyl sites for hydroxylation is 1. The van der Waals surface area contributed by atoms with E-state index in [9.17, 15) is 18.0 Å². The molecule has 0 aromatic carbocycles. The van der Waals surface area contributed by atoms with E-state index in [-0.39, 0.29) is 23.4 Å². The molecule has 1 aliphatic rings. The van der Waals surface area contributed by atoms with Crippen molar-refractivity contribution in [3.63, 3.8) is 0 Å². The standard InChI is InChI=1S/C13H12F3N3OS/c1-6-2-3-7-8(17)9(21-11(7)18-6)10(20)19-12(4-5-12)13(14,15)16/h2-3H,4-5,17H2,1H3,(H,19,20). The average molecular weight is 315 g/mol. The highest BCUT2D eigenvalue weighted by molar-refractivity contribution is 7.21. The maximum absolute atomic E-state index is 12.9. The topological polar surface area (TPSA) is 68.0 Å². The second-order valence-electron chi connectivity index (χ2n) is 5.18. The van der Waals surface area contributed by atoms with E-state index in [1.54, 1.807) is 19.1 Å². The molecule has 1 fully saturated rings. The van der Waals surface area contributed by atoms with Crippen molar-refractivity contribution < 1.29 is 18.0 Å². The SMILES string of the molecule is Cc1ccc2c(N)c(C(=O)NC3(C(F)(F)F)CC3)sc2n1. The van der Waals surface area contributed by atoms with Crippen molar-refractivity contribution in [1.29, 1.82) is 0 Å². The number of halogens is 3. The molecule has 0 radical (unpaired) electrons. The molecular weight excluding hydrogens is 303 g/mol. The molecule has 4 nitrogen and oxygen atoms in total. The van der Waals surface area contributed by atoms with Crippen molar-refractivity contribution in [2.75, 3.05) is 5.73 Å². The number of hydrogen-bond acceptors (Lipinski definition) is 4. The lowest BCUT2D eigenvalue weighted by Gasteiger charge is -2.20. The van der Waals surface area contributed by atoms with E-state index in [2.05, 4.69) is 10.3 Å². The predicted octanol–water partition coefficient (Wildman–Crippen LogP) is 3.01. The smallest absolute Gasteiger partial charge is 0.397 e. The minimum atomic E-state index is -4.44. The summed E-state index contributed by atoms with van der Waals surface area (Å²) >= 11 is 1.01. The molecule has 1 aliphatic carbocycles. The number of hydrogen-bond donors (Lipinski definition) is 2. The Kier molecular flexibility index (Phi) is 2.91. The van der Waals surface area contributed by atoms with Gasteiger partial charge in [0.05, 0.1) is 5.69 Å². The first-order chi connectivity index (χ1) is 9.73. The molecule has 0 unspecified atom stereocenters. The Morgan fingerprint density at radius 3 is 2.67 bits per heavy atom.